The van der Waals surface area contributed by atoms with Gasteiger partial charge in [0.15, 0.2) is 5.75 Å². The van der Waals surface area contributed by atoms with E-state index in [1.165, 1.54) is 15.9 Å². The smallest absolute Gasteiger partial charge is 0.410 e. The van der Waals surface area contributed by atoms with Crippen molar-refractivity contribution < 1.29 is 42.7 Å². The third kappa shape index (κ3) is 9.48. The van der Waals surface area contributed by atoms with Crippen LogP contribution in [-0.4, -0.2) is 88.7 Å². The molecule has 3 aliphatic heterocycles. The third-order valence-electron chi connectivity index (χ3n) is 11.8. The molecule has 7 atom stereocenters. The molecular weight excluding hydrogens is 746 g/mol. The Labute approximate surface area is 338 Å². The lowest BCUT2D eigenvalue weighted by atomic mass is 9.91. The van der Waals surface area contributed by atoms with Crippen LogP contribution in [0.2, 0.25) is 0 Å². The standard InChI is InChI=1S/C44H54FN5O8/c1-43(2,3)57-41(54)46-36-18-11-6-4-5-10-16-31-24-44(31,40(53)48-58-32-21-19-29(20-22-32)28-13-8-7-9-14-28)47-38(51)37-23-33(26-50(37)39(36)52)56-42(55)49-25-30-15-12-17-35(45)34(30)27-49/h7-9,12-15,17,19-22,30-31,33-34,36-37H,4-6,10-11,16,18,23-27H2,1-3H3,(H,46,54)(H,47,51)(H,48,53)/t30?,31-,33-,34?,36+,37+,44-/m1/s1. The molecule has 1 saturated carbocycles. The van der Waals surface area contributed by atoms with Gasteiger partial charge in [-0.2, -0.15) is 5.48 Å². The number of hydrogen-bond acceptors (Lipinski definition) is 8. The zero-order valence-corrected chi connectivity index (χ0v) is 33.4. The Morgan fingerprint density at radius 2 is 1.60 bits per heavy atom. The molecule has 58 heavy (non-hydrogen) atoms. The highest BCUT2D eigenvalue weighted by Crippen LogP contribution is 2.48. The minimum Gasteiger partial charge on any atom is -0.444 e. The summed E-state index contributed by atoms with van der Waals surface area (Å²) < 4.78 is 26.0. The molecule has 0 spiro atoms. The fourth-order valence-electron chi connectivity index (χ4n) is 8.66. The molecular formula is C44H54FN5O8. The number of carbonyl (C=O) groups is 5. The second kappa shape index (κ2) is 17.2. The van der Waals surface area contributed by atoms with Crippen LogP contribution in [0.5, 0.6) is 5.75 Å². The molecule has 3 N–H and O–H groups in total. The van der Waals surface area contributed by atoms with E-state index in [9.17, 15) is 28.4 Å². The first-order valence-corrected chi connectivity index (χ1v) is 20.5. The molecule has 4 fully saturated rings. The monoisotopic (exact) mass is 799 g/mol. The second-order valence-corrected chi connectivity index (χ2v) is 17.2. The number of fused-ring (bicyclic) bond motifs is 3. The van der Waals surface area contributed by atoms with E-state index in [2.05, 4.69) is 16.1 Å². The Kier molecular flexibility index (Phi) is 12.1. The number of rotatable bonds is 6. The first-order valence-electron chi connectivity index (χ1n) is 20.5. The zero-order valence-electron chi connectivity index (χ0n) is 33.4. The molecule has 2 unspecified atom stereocenters. The molecule has 13 nitrogen and oxygen atoms in total. The topological polar surface area (TPSA) is 156 Å². The van der Waals surface area contributed by atoms with Crippen molar-refractivity contribution in [2.24, 2.45) is 17.8 Å². The molecule has 7 rings (SSSR count). The van der Waals surface area contributed by atoms with Gasteiger partial charge in [0, 0.05) is 31.3 Å². The lowest BCUT2D eigenvalue weighted by Gasteiger charge is -2.30. The van der Waals surface area contributed by atoms with Gasteiger partial charge >= 0.3 is 12.2 Å². The average molecular weight is 800 g/mol. The van der Waals surface area contributed by atoms with Crippen molar-refractivity contribution >= 4 is 29.9 Å². The number of amides is 5. The van der Waals surface area contributed by atoms with E-state index in [4.69, 9.17) is 14.3 Å². The van der Waals surface area contributed by atoms with Gasteiger partial charge in [-0.15, -0.1) is 0 Å². The molecule has 3 saturated heterocycles. The maximum Gasteiger partial charge on any atom is 0.410 e. The number of ether oxygens (including phenoxy) is 2. The summed E-state index contributed by atoms with van der Waals surface area (Å²) in [7, 11) is 0. The molecule has 0 bridgehead atoms. The van der Waals surface area contributed by atoms with Gasteiger partial charge in [-0.05, 0) is 75.3 Å². The van der Waals surface area contributed by atoms with Crippen LogP contribution in [0.25, 0.3) is 11.1 Å². The molecule has 5 aliphatic rings. The minimum absolute atomic E-state index is 0.0377. The Hall–Kier alpha value is -5.40. The van der Waals surface area contributed by atoms with Crippen LogP contribution in [0.3, 0.4) is 0 Å². The van der Waals surface area contributed by atoms with Gasteiger partial charge in [0.25, 0.3) is 5.91 Å². The van der Waals surface area contributed by atoms with Crippen molar-refractivity contribution in [3.63, 3.8) is 0 Å². The third-order valence-corrected chi connectivity index (χ3v) is 11.8. The van der Waals surface area contributed by atoms with E-state index in [-0.39, 0.29) is 43.7 Å². The minimum atomic E-state index is -1.28. The van der Waals surface area contributed by atoms with Gasteiger partial charge in [0.1, 0.15) is 35.2 Å². The number of alkyl carbamates (subject to hydrolysis) is 1. The SMILES string of the molecule is CC(C)(C)OC(=O)N[C@H]1CCCCCCC[C@@H]2C[C@@]2(C(=O)NOc2ccc(-c3ccccc3)cc2)NC(=O)[C@@H]2C[C@@H](OC(=O)N3CC4C=CC=C(F)C4C3)CN2C1=O. The molecule has 14 heteroatoms. The highest BCUT2D eigenvalue weighted by Gasteiger charge is 2.62. The normalized spacial score (nSPS) is 28.7. The maximum atomic E-state index is 14.6. The van der Waals surface area contributed by atoms with Gasteiger partial charge in [0.05, 0.1) is 6.54 Å². The predicted molar refractivity (Wildman–Crippen MR) is 212 cm³/mol. The van der Waals surface area contributed by atoms with E-state index in [1.54, 1.807) is 39.0 Å². The van der Waals surface area contributed by atoms with Crippen molar-refractivity contribution in [1.29, 1.82) is 0 Å². The van der Waals surface area contributed by atoms with Gasteiger partial charge < -0.3 is 34.7 Å². The molecule has 0 aromatic heterocycles. The van der Waals surface area contributed by atoms with Crippen LogP contribution >= 0.6 is 0 Å². The molecule has 5 amide bonds. The molecule has 2 aromatic rings. The first-order chi connectivity index (χ1) is 27.8. The average Bonchev–Trinajstić information content (AvgIpc) is 3.47. The molecule has 2 aromatic carbocycles. The summed E-state index contributed by atoms with van der Waals surface area (Å²) in [6.07, 6.45) is 8.10. The van der Waals surface area contributed by atoms with Crippen LogP contribution in [0.4, 0.5) is 14.0 Å². The summed E-state index contributed by atoms with van der Waals surface area (Å²) in [5.41, 5.74) is 2.51. The number of halogens is 1. The fraction of sp³-hybridized carbons (Fsp3) is 0.523. The Morgan fingerprint density at radius 3 is 2.33 bits per heavy atom. The van der Waals surface area contributed by atoms with Gasteiger partial charge in [0.2, 0.25) is 11.8 Å². The van der Waals surface area contributed by atoms with Crippen molar-refractivity contribution in [3.8, 4) is 16.9 Å². The van der Waals surface area contributed by atoms with Crippen LogP contribution in [0, 0.1) is 17.8 Å². The summed E-state index contributed by atoms with van der Waals surface area (Å²) in [5.74, 6) is -2.25. The summed E-state index contributed by atoms with van der Waals surface area (Å²) in [6.45, 7) is 5.49. The summed E-state index contributed by atoms with van der Waals surface area (Å²) in [5, 5.41) is 5.74. The highest BCUT2D eigenvalue weighted by atomic mass is 19.1. The van der Waals surface area contributed by atoms with E-state index >= 15 is 0 Å². The molecule has 310 valence electrons. The van der Waals surface area contributed by atoms with Gasteiger partial charge in [-0.25, -0.2) is 14.0 Å². The van der Waals surface area contributed by atoms with Crippen molar-refractivity contribution in [1.82, 2.24) is 25.9 Å². The molecule has 0 radical (unpaired) electrons. The molecule has 2 aliphatic carbocycles. The largest absolute Gasteiger partial charge is 0.444 e. The van der Waals surface area contributed by atoms with Crippen molar-refractivity contribution in [2.45, 2.75) is 108 Å². The summed E-state index contributed by atoms with van der Waals surface area (Å²) in [4.78, 5) is 77.9. The number of carbonyl (C=O) groups excluding carboxylic acids is 5. The fourth-order valence-corrected chi connectivity index (χ4v) is 8.66. The first kappa shape index (κ1) is 40.8. The summed E-state index contributed by atoms with van der Waals surface area (Å²) >= 11 is 0. The van der Waals surface area contributed by atoms with Crippen LogP contribution in [0.15, 0.2) is 78.7 Å². The predicted octanol–water partition coefficient (Wildman–Crippen LogP) is 6.35. The lowest BCUT2D eigenvalue weighted by molar-refractivity contribution is -0.142. The number of nitrogens with one attached hydrogen (secondary N) is 3. The van der Waals surface area contributed by atoms with Gasteiger partial charge in [-0.1, -0.05) is 86.7 Å². The van der Waals surface area contributed by atoms with Crippen molar-refractivity contribution in [3.05, 3.63) is 78.7 Å². The zero-order chi connectivity index (χ0) is 41.0. The Morgan fingerprint density at radius 1 is 0.897 bits per heavy atom. The van der Waals surface area contributed by atoms with Crippen LogP contribution in [-0.2, 0) is 23.9 Å². The Bertz CT molecular complexity index is 1920. The summed E-state index contributed by atoms with van der Waals surface area (Å²) in [6, 6.07) is 15.0. The lowest BCUT2D eigenvalue weighted by Crippen LogP contribution is -2.58. The Balaban J connectivity index is 1.09. The second-order valence-electron chi connectivity index (χ2n) is 17.2. The van der Waals surface area contributed by atoms with E-state index < -0.39 is 65.2 Å². The van der Waals surface area contributed by atoms with Crippen LogP contribution < -0.4 is 21.0 Å². The quantitative estimate of drug-likeness (QED) is 0.286. The van der Waals surface area contributed by atoms with E-state index in [1.807, 2.05) is 48.5 Å². The number of nitrogens with zero attached hydrogens (tertiary/aromatic N) is 2. The number of allylic oxidation sites excluding steroid dienone is 2. The highest BCUT2D eigenvalue weighted by molar-refractivity contribution is 5.98. The van der Waals surface area contributed by atoms with E-state index in [0.29, 0.717) is 31.4 Å². The van der Waals surface area contributed by atoms with Crippen LogP contribution in [0.1, 0.15) is 78.6 Å². The van der Waals surface area contributed by atoms with Gasteiger partial charge in [-0.3, -0.25) is 14.4 Å². The number of likely N-dealkylation sites (tertiary alicyclic amines) is 1. The number of hydrogen-bond donors (Lipinski definition) is 3. The molecule has 3 heterocycles. The van der Waals surface area contributed by atoms with Crippen molar-refractivity contribution in [2.75, 3.05) is 19.6 Å². The number of hydroxylamine groups is 1. The maximum absolute atomic E-state index is 14.6. The number of benzene rings is 2. The van der Waals surface area contributed by atoms with E-state index in [0.717, 1.165) is 36.8 Å².